The minimum Gasteiger partial charge on any atom is -0.363 e. The lowest BCUT2D eigenvalue weighted by molar-refractivity contribution is -0.124. The molecule has 8 heteroatoms. The van der Waals surface area contributed by atoms with Gasteiger partial charge in [0, 0.05) is 25.0 Å². The fourth-order valence-corrected chi connectivity index (χ4v) is 4.54. The van der Waals surface area contributed by atoms with E-state index in [0.717, 1.165) is 36.8 Å². The van der Waals surface area contributed by atoms with Gasteiger partial charge in [-0.2, -0.15) is 0 Å². The maximum atomic E-state index is 13.2. The number of carbonyl (C=O) groups is 1. The van der Waals surface area contributed by atoms with Gasteiger partial charge in [-0.3, -0.25) is 14.2 Å². The van der Waals surface area contributed by atoms with E-state index in [1.807, 2.05) is 31.2 Å². The van der Waals surface area contributed by atoms with Gasteiger partial charge in [-0.1, -0.05) is 42.8 Å². The van der Waals surface area contributed by atoms with E-state index in [1.165, 1.54) is 0 Å². The van der Waals surface area contributed by atoms with Crippen molar-refractivity contribution >= 4 is 23.3 Å². The van der Waals surface area contributed by atoms with Crippen molar-refractivity contribution in [3.63, 3.8) is 0 Å². The SMILES string of the molecule is CC[C@@H]1C[C@@H](C(=O)NCc2ccc(CN)cc2)n2c1c(Cl)nc(NC1CCC1)c2=O. The molecule has 0 unspecified atom stereocenters. The van der Waals surface area contributed by atoms with Crippen LogP contribution < -0.4 is 21.9 Å². The first-order valence-corrected chi connectivity index (χ1v) is 11.0. The van der Waals surface area contributed by atoms with E-state index in [1.54, 1.807) is 4.57 Å². The number of benzene rings is 1. The van der Waals surface area contributed by atoms with Crippen LogP contribution in [0.15, 0.2) is 29.1 Å². The lowest BCUT2D eigenvalue weighted by atomic mass is 9.93. The summed E-state index contributed by atoms with van der Waals surface area (Å²) in [6.45, 7) is 2.92. The third-order valence-corrected chi connectivity index (χ3v) is 6.55. The molecule has 0 spiro atoms. The smallest absolute Gasteiger partial charge is 0.294 e. The fourth-order valence-electron chi connectivity index (χ4n) is 4.21. The van der Waals surface area contributed by atoms with Crippen LogP contribution in [0.5, 0.6) is 0 Å². The summed E-state index contributed by atoms with van der Waals surface area (Å²) in [5.41, 5.74) is 8.08. The number of rotatable bonds is 7. The van der Waals surface area contributed by atoms with Gasteiger partial charge in [0.1, 0.15) is 6.04 Å². The van der Waals surface area contributed by atoms with Gasteiger partial charge in [-0.25, -0.2) is 4.98 Å². The highest BCUT2D eigenvalue weighted by Gasteiger charge is 2.38. The van der Waals surface area contributed by atoms with Crippen LogP contribution >= 0.6 is 11.6 Å². The molecule has 1 aromatic heterocycles. The minimum atomic E-state index is -0.580. The van der Waals surface area contributed by atoms with Crippen molar-refractivity contribution in [2.24, 2.45) is 5.73 Å². The molecule has 4 rings (SSSR count). The van der Waals surface area contributed by atoms with Gasteiger partial charge in [-0.15, -0.1) is 0 Å². The van der Waals surface area contributed by atoms with Crippen molar-refractivity contribution in [3.05, 3.63) is 56.6 Å². The molecule has 1 amide bonds. The van der Waals surface area contributed by atoms with Gasteiger partial charge in [0.25, 0.3) is 5.56 Å². The van der Waals surface area contributed by atoms with Crippen LogP contribution in [0.3, 0.4) is 0 Å². The Labute approximate surface area is 181 Å². The molecule has 0 bridgehead atoms. The molecule has 2 aliphatic rings. The normalized spacial score (nSPS) is 20.5. The van der Waals surface area contributed by atoms with Crippen LogP contribution in [0.4, 0.5) is 5.82 Å². The Morgan fingerprint density at radius 3 is 2.57 bits per heavy atom. The molecule has 1 aromatic carbocycles. The Morgan fingerprint density at radius 1 is 1.27 bits per heavy atom. The molecule has 2 atom stereocenters. The summed E-state index contributed by atoms with van der Waals surface area (Å²) >= 11 is 6.48. The number of hydrogen-bond donors (Lipinski definition) is 3. The Balaban J connectivity index is 1.57. The van der Waals surface area contributed by atoms with Crippen LogP contribution in [0, 0.1) is 0 Å². The van der Waals surface area contributed by atoms with Crippen molar-refractivity contribution < 1.29 is 4.79 Å². The number of nitrogens with two attached hydrogens (primary N) is 1. The standard InChI is InChI=1S/C22H28ClN5O2/c1-2-15-10-17(21(29)25-12-14-8-6-13(11-24)7-9-14)28-18(15)19(23)27-20(22(28)30)26-16-4-3-5-16/h6-9,15-17H,2-5,10-12,24H2,1H3,(H,25,29)(H,26,27)/t15-,17+/m1/s1. The van der Waals surface area contributed by atoms with Crippen LogP contribution in [-0.4, -0.2) is 21.5 Å². The molecule has 7 nitrogen and oxygen atoms in total. The number of anilines is 1. The first kappa shape index (κ1) is 20.9. The molecule has 1 aliphatic carbocycles. The first-order chi connectivity index (χ1) is 14.5. The summed E-state index contributed by atoms with van der Waals surface area (Å²) in [5.74, 6) is 0.115. The zero-order valence-corrected chi connectivity index (χ0v) is 17.9. The second-order valence-corrected chi connectivity index (χ2v) is 8.54. The number of nitrogens with zero attached hydrogens (tertiary/aromatic N) is 2. The van der Waals surface area contributed by atoms with E-state index < -0.39 is 6.04 Å². The van der Waals surface area contributed by atoms with Crippen LogP contribution in [0.1, 0.15) is 67.8 Å². The second-order valence-electron chi connectivity index (χ2n) is 8.18. The Morgan fingerprint density at radius 2 is 1.97 bits per heavy atom. The molecule has 0 saturated heterocycles. The maximum Gasteiger partial charge on any atom is 0.294 e. The van der Waals surface area contributed by atoms with Crippen molar-refractivity contribution in [1.29, 1.82) is 0 Å². The number of fused-ring (bicyclic) bond motifs is 1. The van der Waals surface area contributed by atoms with E-state index in [-0.39, 0.29) is 29.2 Å². The summed E-state index contributed by atoms with van der Waals surface area (Å²) in [6, 6.07) is 7.48. The fraction of sp³-hybridized carbons (Fsp3) is 0.500. The quantitative estimate of drug-likeness (QED) is 0.627. The van der Waals surface area contributed by atoms with Gasteiger partial charge in [-0.05, 0) is 43.2 Å². The van der Waals surface area contributed by atoms with Gasteiger partial charge in [0.2, 0.25) is 5.91 Å². The highest BCUT2D eigenvalue weighted by Crippen LogP contribution is 2.40. The summed E-state index contributed by atoms with van der Waals surface area (Å²) in [7, 11) is 0. The molecular weight excluding hydrogens is 402 g/mol. The molecule has 4 N–H and O–H groups in total. The summed E-state index contributed by atoms with van der Waals surface area (Å²) in [5, 5.41) is 6.50. The highest BCUT2D eigenvalue weighted by atomic mass is 35.5. The Kier molecular flexibility index (Phi) is 6.11. The molecule has 2 aromatic rings. The molecular formula is C22H28ClN5O2. The Bertz CT molecular complexity index is 984. The van der Waals surface area contributed by atoms with Crippen molar-refractivity contribution in [1.82, 2.24) is 14.9 Å². The largest absolute Gasteiger partial charge is 0.363 e. The van der Waals surface area contributed by atoms with E-state index in [2.05, 4.69) is 15.6 Å². The molecule has 30 heavy (non-hydrogen) atoms. The maximum absolute atomic E-state index is 13.2. The third-order valence-electron chi connectivity index (χ3n) is 6.28. The molecule has 1 fully saturated rings. The average molecular weight is 430 g/mol. The summed E-state index contributed by atoms with van der Waals surface area (Å²) in [4.78, 5) is 30.6. The van der Waals surface area contributed by atoms with Crippen LogP contribution in [0.25, 0.3) is 0 Å². The van der Waals surface area contributed by atoms with Crippen LogP contribution in [0.2, 0.25) is 5.15 Å². The van der Waals surface area contributed by atoms with Gasteiger partial charge in [0.05, 0.1) is 5.69 Å². The molecule has 0 radical (unpaired) electrons. The van der Waals surface area contributed by atoms with E-state index >= 15 is 0 Å². The van der Waals surface area contributed by atoms with E-state index in [0.29, 0.717) is 30.4 Å². The molecule has 1 saturated carbocycles. The van der Waals surface area contributed by atoms with Crippen molar-refractivity contribution in [2.75, 3.05) is 5.32 Å². The summed E-state index contributed by atoms with van der Waals surface area (Å²) < 4.78 is 1.57. The predicted molar refractivity (Wildman–Crippen MR) is 118 cm³/mol. The Hall–Kier alpha value is -2.38. The first-order valence-electron chi connectivity index (χ1n) is 10.7. The highest BCUT2D eigenvalue weighted by molar-refractivity contribution is 6.30. The second kappa shape index (κ2) is 8.78. The van der Waals surface area contributed by atoms with E-state index in [9.17, 15) is 9.59 Å². The zero-order chi connectivity index (χ0) is 21.3. The molecule has 1 aliphatic heterocycles. The molecule has 2 heterocycles. The topological polar surface area (TPSA) is 102 Å². The number of aromatic nitrogens is 2. The molecule has 160 valence electrons. The average Bonchev–Trinajstić information content (AvgIpc) is 3.13. The van der Waals surface area contributed by atoms with Crippen molar-refractivity contribution in [3.8, 4) is 0 Å². The zero-order valence-electron chi connectivity index (χ0n) is 17.2. The van der Waals surface area contributed by atoms with Gasteiger partial charge in [0.15, 0.2) is 11.0 Å². The number of nitrogens with one attached hydrogen (secondary N) is 2. The van der Waals surface area contributed by atoms with Crippen molar-refractivity contribution in [2.45, 2.75) is 70.1 Å². The predicted octanol–water partition coefficient (Wildman–Crippen LogP) is 3.07. The lowest BCUT2D eigenvalue weighted by Crippen LogP contribution is -2.38. The van der Waals surface area contributed by atoms with Gasteiger partial charge >= 0.3 is 0 Å². The number of halogens is 1. The monoisotopic (exact) mass is 429 g/mol. The minimum absolute atomic E-state index is 0.0371. The van der Waals surface area contributed by atoms with Crippen LogP contribution in [-0.2, 0) is 17.9 Å². The third kappa shape index (κ3) is 3.96. The van der Waals surface area contributed by atoms with Gasteiger partial charge < -0.3 is 16.4 Å². The van der Waals surface area contributed by atoms with E-state index in [4.69, 9.17) is 17.3 Å². The lowest BCUT2D eigenvalue weighted by Gasteiger charge is -2.27. The number of hydrogen-bond acceptors (Lipinski definition) is 5. The summed E-state index contributed by atoms with van der Waals surface area (Å²) in [6.07, 6.45) is 4.53. The number of amides is 1. The number of carbonyl (C=O) groups excluding carboxylic acids is 1.